The minimum Gasteiger partial charge on any atom is -0.506 e. The molecule has 1 aliphatic rings. The van der Waals surface area contributed by atoms with Gasteiger partial charge in [0.15, 0.2) is 0 Å². The van der Waals surface area contributed by atoms with E-state index in [9.17, 15) is 9.90 Å². The van der Waals surface area contributed by atoms with E-state index >= 15 is 0 Å². The van der Waals surface area contributed by atoms with E-state index in [1.807, 2.05) is 6.07 Å². The summed E-state index contributed by atoms with van der Waals surface area (Å²) in [6, 6.07) is 5.29. The van der Waals surface area contributed by atoms with Crippen LogP contribution in [0.3, 0.4) is 0 Å². The molecule has 5 heteroatoms. The summed E-state index contributed by atoms with van der Waals surface area (Å²) in [4.78, 5) is 12.1. The smallest absolute Gasteiger partial charge is 0.412 e. The number of amides is 1. The number of nitrogens with two attached hydrogens (primary N) is 1. The predicted molar refractivity (Wildman–Crippen MR) is 87.2 cm³/mol. The summed E-state index contributed by atoms with van der Waals surface area (Å²) in [5, 5.41) is 12.9. The van der Waals surface area contributed by atoms with E-state index in [1.165, 1.54) is 0 Å². The number of hydrogen-bond donors (Lipinski definition) is 3. The standard InChI is InChI=1S/C17H26N2O3/c1-16(2,3)22-15(21)19-14-12(7-6-8-13(14)20)17(11-18)9-4-5-10-17/h6-8,20H,4-5,9-11,18H2,1-3H3,(H,19,21). The number of anilines is 1. The van der Waals surface area contributed by atoms with Gasteiger partial charge < -0.3 is 15.6 Å². The largest absolute Gasteiger partial charge is 0.506 e. The van der Waals surface area contributed by atoms with Crippen molar-refractivity contribution in [2.75, 3.05) is 11.9 Å². The van der Waals surface area contributed by atoms with Crippen molar-refractivity contribution in [2.45, 2.75) is 57.5 Å². The Bertz CT molecular complexity index is 543. The summed E-state index contributed by atoms with van der Waals surface area (Å²) in [6.07, 6.45) is 3.59. The minimum absolute atomic E-state index is 0.0445. The number of rotatable bonds is 3. The Hall–Kier alpha value is -1.75. The number of phenolic OH excluding ortho intramolecular Hbond substituents is 1. The second-order valence-electron chi connectivity index (χ2n) is 7.02. The Morgan fingerprint density at radius 1 is 1.36 bits per heavy atom. The molecule has 2 rings (SSSR count). The molecule has 1 aromatic carbocycles. The third-order valence-corrected chi connectivity index (χ3v) is 4.19. The molecule has 0 radical (unpaired) electrons. The minimum atomic E-state index is -0.590. The number of ether oxygens (including phenoxy) is 1. The molecule has 0 saturated heterocycles. The summed E-state index contributed by atoms with van der Waals surface area (Å²) in [6.45, 7) is 5.91. The normalized spacial score (nSPS) is 17.3. The van der Waals surface area contributed by atoms with Crippen molar-refractivity contribution in [3.8, 4) is 5.75 Å². The summed E-state index contributed by atoms with van der Waals surface area (Å²) in [5.74, 6) is 0.0445. The SMILES string of the molecule is CC(C)(C)OC(=O)Nc1c(O)cccc1C1(CN)CCCC1. The lowest BCUT2D eigenvalue weighted by molar-refractivity contribution is 0.0635. The van der Waals surface area contributed by atoms with Crippen molar-refractivity contribution in [3.63, 3.8) is 0 Å². The zero-order valence-electron chi connectivity index (χ0n) is 13.6. The van der Waals surface area contributed by atoms with Crippen LogP contribution in [-0.2, 0) is 10.2 Å². The molecule has 0 heterocycles. The van der Waals surface area contributed by atoms with Gasteiger partial charge in [-0.15, -0.1) is 0 Å². The number of para-hydroxylation sites is 1. The maximum Gasteiger partial charge on any atom is 0.412 e. The van der Waals surface area contributed by atoms with E-state index in [1.54, 1.807) is 32.9 Å². The van der Waals surface area contributed by atoms with Crippen LogP contribution in [0.1, 0.15) is 52.0 Å². The van der Waals surface area contributed by atoms with Gasteiger partial charge in [0, 0.05) is 12.0 Å². The highest BCUT2D eigenvalue weighted by Crippen LogP contribution is 2.45. The van der Waals surface area contributed by atoms with Crippen molar-refractivity contribution < 1.29 is 14.6 Å². The van der Waals surface area contributed by atoms with Gasteiger partial charge in [0.25, 0.3) is 0 Å². The van der Waals surface area contributed by atoms with Gasteiger partial charge in [-0.3, -0.25) is 5.32 Å². The molecule has 122 valence electrons. The first-order valence-electron chi connectivity index (χ1n) is 7.80. The second kappa shape index (κ2) is 6.16. The maximum absolute atomic E-state index is 12.1. The molecule has 1 aliphatic carbocycles. The third kappa shape index (κ3) is 3.53. The van der Waals surface area contributed by atoms with Crippen molar-refractivity contribution in [3.05, 3.63) is 23.8 Å². The molecular weight excluding hydrogens is 280 g/mol. The molecule has 0 aliphatic heterocycles. The van der Waals surface area contributed by atoms with Crippen LogP contribution in [-0.4, -0.2) is 23.3 Å². The lowest BCUT2D eigenvalue weighted by Gasteiger charge is -2.30. The van der Waals surface area contributed by atoms with Crippen LogP contribution in [0.4, 0.5) is 10.5 Å². The van der Waals surface area contributed by atoms with E-state index in [0.717, 1.165) is 31.2 Å². The first-order chi connectivity index (χ1) is 10.3. The van der Waals surface area contributed by atoms with Crippen molar-refractivity contribution >= 4 is 11.8 Å². The highest BCUT2D eigenvalue weighted by molar-refractivity contribution is 5.88. The van der Waals surface area contributed by atoms with E-state index in [2.05, 4.69) is 5.32 Å². The lowest BCUT2D eigenvalue weighted by Crippen LogP contribution is -2.34. The molecule has 1 saturated carbocycles. The van der Waals surface area contributed by atoms with Gasteiger partial charge in [-0.25, -0.2) is 4.79 Å². The fourth-order valence-electron chi connectivity index (χ4n) is 3.15. The monoisotopic (exact) mass is 306 g/mol. The molecule has 0 bridgehead atoms. The Balaban J connectivity index is 2.33. The fraction of sp³-hybridized carbons (Fsp3) is 0.588. The molecule has 1 aromatic rings. The third-order valence-electron chi connectivity index (χ3n) is 4.19. The Kier molecular flexibility index (Phi) is 4.66. The van der Waals surface area contributed by atoms with Crippen LogP contribution >= 0.6 is 0 Å². The van der Waals surface area contributed by atoms with Crippen LogP contribution < -0.4 is 11.1 Å². The van der Waals surface area contributed by atoms with Gasteiger partial charge in [-0.1, -0.05) is 25.0 Å². The van der Waals surface area contributed by atoms with Crippen LogP contribution in [0.25, 0.3) is 0 Å². The average Bonchev–Trinajstić information content (AvgIpc) is 2.89. The zero-order chi connectivity index (χ0) is 16.4. The van der Waals surface area contributed by atoms with Crippen molar-refractivity contribution in [2.24, 2.45) is 5.73 Å². The number of aromatic hydroxyl groups is 1. The maximum atomic E-state index is 12.1. The average molecular weight is 306 g/mol. The van der Waals surface area contributed by atoms with Gasteiger partial charge in [0.2, 0.25) is 0 Å². The number of carbonyl (C=O) groups is 1. The van der Waals surface area contributed by atoms with Gasteiger partial charge in [-0.2, -0.15) is 0 Å². The molecule has 5 nitrogen and oxygen atoms in total. The lowest BCUT2D eigenvalue weighted by atomic mass is 9.78. The number of carbonyl (C=O) groups excluding carboxylic acids is 1. The summed E-state index contributed by atoms with van der Waals surface area (Å²) >= 11 is 0. The molecular formula is C17H26N2O3. The van der Waals surface area contributed by atoms with Crippen LogP contribution in [0.2, 0.25) is 0 Å². The Morgan fingerprint density at radius 3 is 2.55 bits per heavy atom. The molecule has 1 fully saturated rings. The Labute approximate surface area is 131 Å². The van der Waals surface area contributed by atoms with E-state index in [4.69, 9.17) is 10.5 Å². The second-order valence-corrected chi connectivity index (χ2v) is 7.02. The summed E-state index contributed by atoms with van der Waals surface area (Å²) in [7, 11) is 0. The van der Waals surface area contributed by atoms with Crippen molar-refractivity contribution in [1.29, 1.82) is 0 Å². The molecule has 4 N–H and O–H groups in total. The van der Waals surface area contributed by atoms with Crippen LogP contribution in [0, 0.1) is 0 Å². The van der Waals surface area contributed by atoms with Crippen molar-refractivity contribution in [1.82, 2.24) is 0 Å². The number of benzene rings is 1. The molecule has 0 unspecified atom stereocenters. The first-order valence-corrected chi connectivity index (χ1v) is 7.80. The van der Waals surface area contributed by atoms with Crippen LogP contribution in [0.5, 0.6) is 5.75 Å². The van der Waals surface area contributed by atoms with E-state index in [0.29, 0.717) is 12.2 Å². The first kappa shape index (κ1) is 16.6. The van der Waals surface area contributed by atoms with Gasteiger partial charge in [0.1, 0.15) is 11.4 Å². The van der Waals surface area contributed by atoms with Gasteiger partial charge >= 0.3 is 6.09 Å². The molecule has 0 spiro atoms. The Morgan fingerprint density at radius 2 is 2.00 bits per heavy atom. The number of nitrogens with one attached hydrogen (secondary N) is 1. The quantitative estimate of drug-likeness (QED) is 0.746. The topological polar surface area (TPSA) is 84.6 Å². The number of hydrogen-bond acceptors (Lipinski definition) is 4. The molecule has 0 aromatic heterocycles. The predicted octanol–water partition coefficient (Wildman–Crippen LogP) is 3.51. The number of phenols is 1. The van der Waals surface area contributed by atoms with E-state index < -0.39 is 11.7 Å². The summed E-state index contributed by atoms with van der Waals surface area (Å²) in [5.41, 5.74) is 6.58. The van der Waals surface area contributed by atoms with Gasteiger partial charge in [0.05, 0.1) is 5.69 Å². The zero-order valence-corrected chi connectivity index (χ0v) is 13.6. The fourth-order valence-corrected chi connectivity index (χ4v) is 3.15. The highest BCUT2D eigenvalue weighted by Gasteiger charge is 2.37. The molecule has 0 atom stereocenters. The van der Waals surface area contributed by atoms with Gasteiger partial charge in [-0.05, 0) is 45.2 Å². The molecule has 22 heavy (non-hydrogen) atoms. The van der Waals surface area contributed by atoms with Crippen LogP contribution in [0.15, 0.2) is 18.2 Å². The highest BCUT2D eigenvalue weighted by atomic mass is 16.6. The molecule has 1 amide bonds. The van der Waals surface area contributed by atoms with E-state index in [-0.39, 0.29) is 11.2 Å². The summed E-state index contributed by atoms with van der Waals surface area (Å²) < 4.78 is 5.29.